The summed E-state index contributed by atoms with van der Waals surface area (Å²) in [7, 11) is -7.81. The van der Waals surface area contributed by atoms with Crippen LogP contribution in [-0.4, -0.2) is 53.4 Å². The summed E-state index contributed by atoms with van der Waals surface area (Å²) in [6, 6.07) is 1.00. The number of sulfonamides is 2. The van der Waals surface area contributed by atoms with Crippen molar-refractivity contribution in [2.45, 2.75) is 34.7 Å². The van der Waals surface area contributed by atoms with Crippen molar-refractivity contribution >= 4 is 37.4 Å². The number of thiophene rings is 1. The van der Waals surface area contributed by atoms with Gasteiger partial charge in [-0.3, -0.25) is 4.79 Å². The van der Waals surface area contributed by atoms with Crippen LogP contribution in [0.25, 0.3) is 0 Å². The molecule has 3 N–H and O–H groups in total. The smallest absolute Gasteiger partial charge is 0.302 e. The molecule has 0 bridgehead atoms. The Bertz CT molecular complexity index is 846. The second-order valence-electron chi connectivity index (χ2n) is 5.52. The van der Waals surface area contributed by atoms with Crippen LogP contribution in [0.5, 0.6) is 0 Å². The van der Waals surface area contributed by atoms with E-state index in [2.05, 4.69) is 5.32 Å². The van der Waals surface area contributed by atoms with Crippen molar-refractivity contribution in [2.24, 2.45) is 5.14 Å². The van der Waals surface area contributed by atoms with Gasteiger partial charge < -0.3 is 10.1 Å². The number of nitrogens with two attached hydrogens (primary N) is 1. The molecule has 1 unspecified atom stereocenters. The van der Waals surface area contributed by atoms with Crippen LogP contribution in [-0.2, 0) is 29.6 Å². The van der Waals surface area contributed by atoms with Crippen LogP contribution >= 0.6 is 11.3 Å². The molecule has 9 nitrogen and oxygen atoms in total. The molecular formula is C13H21N3O6S3. The second-order valence-corrected chi connectivity index (χ2v) is 10.5. The largest absolute Gasteiger partial charge is 0.466 e. The van der Waals surface area contributed by atoms with Gasteiger partial charge in [0.2, 0.25) is 10.0 Å². The van der Waals surface area contributed by atoms with E-state index >= 15 is 0 Å². The number of fused-ring (bicyclic) bond motifs is 1. The molecule has 0 aromatic carbocycles. The highest BCUT2D eigenvalue weighted by molar-refractivity contribution is 7.94. The van der Waals surface area contributed by atoms with E-state index in [1.165, 1.54) is 17.3 Å². The molecule has 0 fully saturated rings. The monoisotopic (exact) mass is 411 g/mol. The fourth-order valence-corrected chi connectivity index (χ4v) is 6.86. The normalized spacial score (nSPS) is 20.2. The van der Waals surface area contributed by atoms with Gasteiger partial charge in [0.1, 0.15) is 8.42 Å². The van der Waals surface area contributed by atoms with Gasteiger partial charge in [0.25, 0.3) is 10.0 Å². The Balaban J connectivity index is 2.32. The van der Waals surface area contributed by atoms with E-state index in [-0.39, 0.29) is 34.2 Å². The maximum Gasteiger partial charge on any atom is 0.302 e. The third kappa shape index (κ3) is 4.57. The number of likely N-dealkylation sites (N-methyl/N-ethyl adjacent to an activating group) is 1. The van der Waals surface area contributed by atoms with Crippen LogP contribution in [0, 0.1) is 0 Å². The highest BCUT2D eigenvalue weighted by atomic mass is 32.3. The van der Waals surface area contributed by atoms with Crippen molar-refractivity contribution in [3.05, 3.63) is 11.6 Å². The lowest BCUT2D eigenvalue weighted by Gasteiger charge is -2.32. The molecule has 0 saturated heterocycles. The molecule has 0 amide bonds. The van der Waals surface area contributed by atoms with Crippen molar-refractivity contribution in [1.29, 1.82) is 0 Å². The van der Waals surface area contributed by atoms with Gasteiger partial charge in [0.05, 0.1) is 6.61 Å². The van der Waals surface area contributed by atoms with Crippen molar-refractivity contribution in [3.63, 3.8) is 0 Å². The summed E-state index contributed by atoms with van der Waals surface area (Å²) in [5.74, 6) is -0.426. The Morgan fingerprint density at radius 1 is 1.52 bits per heavy atom. The molecule has 0 saturated carbocycles. The number of nitrogens with zero attached hydrogens (tertiary/aromatic N) is 1. The van der Waals surface area contributed by atoms with Crippen molar-refractivity contribution in [2.75, 3.05) is 26.2 Å². The fraction of sp³-hybridized carbons (Fsp3) is 0.615. The van der Waals surface area contributed by atoms with E-state index in [0.29, 0.717) is 29.9 Å². The third-order valence-electron chi connectivity index (χ3n) is 3.63. The molecule has 1 atom stereocenters. The number of primary sulfonamides is 1. The van der Waals surface area contributed by atoms with Crippen LogP contribution in [0.15, 0.2) is 14.5 Å². The molecule has 1 aliphatic rings. The first-order chi connectivity index (χ1) is 11.6. The van der Waals surface area contributed by atoms with E-state index < -0.39 is 26.0 Å². The predicted molar refractivity (Wildman–Crippen MR) is 92.1 cm³/mol. The molecule has 25 heavy (non-hydrogen) atoms. The summed E-state index contributed by atoms with van der Waals surface area (Å²) in [6.07, 6.45) is 0.348. The number of carbonyl (C=O) groups excluding carboxylic acids is 1. The molecule has 12 heteroatoms. The molecule has 1 aromatic rings. The van der Waals surface area contributed by atoms with E-state index in [9.17, 15) is 21.6 Å². The van der Waals surface area contributed by atoms with Crippen molar-refractivity contribution < 1.29 is 26.4 Å². The number of esters is 1. The summed E-state index contributed by atoms with van der Waals surface area (Å²) >= 11 is 0.659. The number of nitrogens with one attached hydrogen (secondary N) is 1. The zero-order valence-electron chi connectivity index (χ0n) is 13.9. The number of hydrogen-bond acceptors (Lipinski definition) is 8. The van der Waals surface area contributed by atoms with E-state index in [1.807, 2.05) is 6.92 Å². The zero-order chi connectivity index (χ0) is 18.8. The lowest BCUT2D eigenvalue weighted by molar-refractivity contribution is -0.141. The van der Waals surface area contributed by atoms with E-state index in [4.69, 9.17) is 9.88 Å². The number of ether oxygens (including phenoxy) is 1. The first kappa shape index (κ1) is 20.3. The van der Waals surface area contributed by atoms with Gasteiger partial charge in [0.15, 0.2) is 0 Å². The second kappa shape index (κ2) is 7.68. The van der Waals surface area contributed by atoms with Crippen LogP contribution in [0.2, 0.25) is 0 Å². The van der Waals surface area contributed by atoms with Crippen LogP contribution in [0.1, 0.15) is 31.9 Å². The van der Waals surface area contributed by atoms with Gasteiger partial charge in [-0.25, -0.2) is 22.0 Å². The third-order valence-corrected chi connectivity index (χ3v) is 8.59. The van der Waals surface area contributed by atoms with E-state index in [0.717, 1.165) is 0 Å². The van der Waals surface area contributed by atoms with Crippen molar-refractivity contribution in [3.8, 4) is 0 Å². The summed E-state index contributed by atoms with van der Waals surface area (Å²) in [5, 5.41) is 8.30. The van der Waals surface area contributed by atoms with Gasteiger partial charge in [0, 0.05) is 31.6 Å². The molecule has 142 valence electrons. The molecule has 1 aliphatic heterocycles. The molecule has 2 rings (SSSR count). The molecule has 1 aromatic heterocycles. The van der Waals surface area contributed by atoms with Gasteiger partial charge >= 0.3 is 5.97 Å². The maximum atomic E-state index is 12.8. The summed E-state index contributed by atoms with van der Waals surface area (Å²) in [6.45, 7) is 4.20. The first-order valence-electron chi connectivity index (χ1n) is 7.60. The molecule has 2 heterocycles. The van der Waals surface area contributed by atoms with Crippen molar-refractivity contribution in [1.82, 2.24) is 9.62 Å². The maximum absolute atomic E-state index is 12.8. The summed E-state index contributed by atoms with van der Waals surface area (Å²) in [5.41, 5.74) is 0.423. The van der Waals surface area contributed by atoms with E-state index in [1.54, 1.807) is 0 Å². The Morgan fingerprint density at radius 3 is 2.76 bits per heavy atom. The predicted octanol–water partition coefficient (Wildman–Crippen LogP) is 0.00360. The average molecular weight is 412 g/mol. The SMILES string of the molecule is CCNC1CN(CCCOC(C)=O)S(=O)(=O)c2sc(S(N)(=O)=O)cc21. The van der Waals surface area contributed by atoms with Gasteiger partial charge in [-0.1, -0.05) is 6.92 Å². The highest BCUT2D eigenvalue weighted by Crippen LogP contribution is 2.39. The highest BCUT2D eigenvalue weighted by Gasteiger charge is 2.39. The minimum absolute atomic E-state index is 0.0128. The molecule has 0 aliphatic carbocycles. The summed E-state index contributed by atoms with van der Waals surface area (Å²) < 4.78 is 54.7. The number of carbonyl (C=O) groups is 1. The van der Waals surface area contributed by atoms with Gasteiger partial charge in [-0.2, -0.15) is 4.31 Å². The minimum atomic E-state index is -3.98. The standard InChI is InChI=1S/C13H21N3O6S3/c1-3-15-11-8-16(5-4-6-22-9(2)17)25(20,21)13-10(11)7-12(23-13)24(14,18)19/h7,11,15H,3-6,8H2,1-2H3,(H2,14,18,19). The average Bonchev–Trinajstić information content (AvgIpc) is 2.94. The topological polar surface area (TPSA) is 136 Å². The first-order valence-corrected chi connectivity index (χ1v) is 11.4. The summed E-state index contributed by atoms with van der Waals surface area (Å²) in [4.78, 5) is 10.8. The van der Waals surface area contributed by atoms with Gasteiger partial charge in [-0.15, -0.1) is 11.3 Å². The number of rotatable bonds is 7. The minimum Gasteiger partial charge on any atom is -0.466 e. The number of hydrogen-bond donors (Lipinski definition) is 2. The van der Waals surface area contributed by atoms with Gasteiger partial charge in [-0.05, 0) is 19.0 Å². The van der Waals surface area contributed by atoms with Crippen LogP contribution < -0.4 is 10.5 Å². The van der Waals surface area contributed by atoms with Crippen LogP contribution in [0.3, 0.4) is 0 Å². The Hall–Kier alpha value is -1.05. The lowest BCUT2D eigenvalue weighted by atomic mass is 10.1. The molecule has 0 spiro atoms. The molecular weight excluding hydrogens is 390 g/mol. The fourth-order valence-electron chi connectivity index (χ4n) is 2.56. The Labute approximate surface area is 151 Å². The Morgan fingerprint density at radius 2 is 2.20 bits per heavy atom. The van der Waals surface area contributed by atoms with Crippen LogP contribution in [0.4, 0.5) is 0 Å². The zero-order valence-corrected chi connectivity index (χ0v) is 16.3. The lowest BCUT2D eigenvalue weighted by Crippen LogP contribution is -2.43. The quantitative estimate of drug-likeness (QED) is 0.476. The molecule has 0 radical (unpaired) electrons. The Kier molecular flexibility index (Phi) is 6.22.